The Morgan fingerprint density at radius 2 is 2.07 bits per heavy atom. The molecular weight excluding hydrogens is 350 g/mol. The van der Waals surface area contributed by atoms with Crippen LogP contribution in [0.25, 0.3) is 0 Å². The number of methoxy groups -OCH3 is 1. The molecule has 0 spiro atoms. The first-order chi connectivity index (χ1) is 13.7. The minimum absolute atomic E-state index is 0.0129. The first kappa shape index (κ1) is 17.6. The largest absolute Gasteiger partial charge is 0.496 e. The molecule has 2 amide bonds. The van der Waals surface area contributed by atoms with Crippen LogP contribution in [0.1, 0.15) is 35.4 Å². The number of hydrogen-bond donors (Lipinski definition) is 2. The number of fused-ring (bicyclic) bond motifs is 4. The van der Waals surface area contributed by atoms with Crippen molar-refractivity contribution in [2.24, 2.45) is 5.92 Å². The lowest BCUT2D eigenvalue weighted by Crippen LogP contribution is -2.41. The van der Waals surface area contributed by atoms with Crippen molar-refractivity contribution in [3.8, 4) is 5.75 Å². The summed E-state index contributed by atoms with van der Waals surface area (Å²) < 4.78 is 5.62. The van der Waals surface area contributed by atoms with E-state index in [0.717, 1.165) is 37.4 Å². The Kier molecular flexibility index (Phi) is 4.47. The van der Waals surface area contributed by atoms with Gasteiger partial charge in [-0.1, -0.05) is 30.3 Å². The van der Waals surface area contributed by atoms with Crippen molar-refractivity contribution in [1.82, 2.24) is 10.2 Å². The number of para-hydroxylation sites is 1. The highest BCUT2D eigenvalue weighted by Gasteiger charge is 2.41. The Bertz CT molecular complexity index is 897. The van der Waals surface area contributed by atoms with E-state index in [1.165, 1.54) is 23.1 Å². The number of carbonyl (C=O) groups excluding carboxylic acids is 1. The molecule has 2 N–H and O–H groups in total. The first-order valence-corrected chi connectivity index (χ1v) is 10.3. The van der Waals surface area contributed by atoms with Gasteiger partial charge < -0.3 is 20.3 Å². The summed E-state index contributed by atoms with van der Waals surface area (Å²) in [7, 11) is 1.76. The predicted octanol–water partition coefficient (Wildman–Crippen LogP) is 3.75. The molecule has 0 radical (unpaired) electrons. The standard InChI is InChI=1S/C23H27N3O2/c1-28-21-8-4-6-18-17(21)10-9-15-13-24-20(22(15)18)11-12-26-14-16-5-2-3-7-19(16)25-23(26)27/h2-8,15,20,22,24H,9-14H2,1H3,(H,25,27)/t15-,20?,22+/m0/s1. The third kappa shape index (κ3) is 2.94. The second-order valence-corrected chi connectivity index (χ2v) is 8.16. The van der Waals surface area contributed by atoms with Crippen molar-refractivity contribution in [2.75, 3.05) is 25.5 Å². The quantitative estimate of drug-likeness (QED) is 0.853. The third-order valence-corrected chi connectivity index (χ3v) is 6.71. The number of hydrogen-bond acceptors (Lipinski definition) is 3. The fourth-order valence-corrected chi connectivity index (χ4v) is 5.33. The Labute approximate surface area is 166 Å². The maximum absolute atomic E-state index is 12.5. The zero-order valence-electron chi connectivity index (χ0n) is 16.3. The van der Waals surface area contributed by atoms with Gasteiger partial charge in [0.25, 0.3) is 0 Å². The summed E-state index contributed by atoms with van der Waals surface area (Å²) in [6.07, 6.45) is 3.27. The molecule has 5 nitrogen and oxygen atoms in total. The van der Waals surface area contributed by atoms with Gasteiger partial charge in [-0.25, -0.2) is 4.79 Å². The maximum Gasteiger partial charge on any atom is 0.322 e. The average Bonchev–Trinajstić information content (AvgIpc) is 3.15. The van der Waals surface area contributed by atoms with E-state index in [2.05, 4.69) is 34.9 Å². The highest BCUT2D eigenvalue weighted by molar-refractivity contribution is 5.92. The van der Waals surface area contributed by atoms with E-state index in [9.17, 15) is 4.79 Å². The molecule has 5 heteroatoms. The van der Waals surface area contributed by atoms with Gasteiger partial charge in [-0.15, -0.1) is 0 Å². The van der Waals surface area contributed by atoms with Crippen molar-refractivity contribution in [3.63, 3.8) is 0 Å². The van der Waals surface area contributed by atoms with Gasteiger partial charge in [-0.2, -0.15) is 0 Å². The van der Waals surface area contributed by atoms with Gasteiger partial charge >= 0.3 is 6.03 Å². The predicted molar refractivity (Wildman–Crippen MR) is 110 cm³/mol. The smallest absolute Gasteiger partial charge is 0.322 e. The topological polar surface area (TPSA) is 53.6 Å². The summed E-state index contributed by atoms with van der Waals surface area (Å²) in [6.45, 7) is 2.52. The molecule has 0 saturated carbocycles. The second-order valence-electron chi connectivity index (χ2n) is 8.16. The van der Waals surface area contributed by atoms with Gasteiger partial charge in [0.15, 0.2) is 0 Å². The van der Waals surface area contributed by atoms with Gasteiger partial charge in [0.05, 0.1) is 7.11 Å². The van der Waals surface area contributed by atoms with E-state index in [4.69, 9.17) is 4.74 Å². The van der Waals surface area contributed by atoms with Crippen LogP contribution in [0.15, 0.2) is 42.5 Å². The van der Waals surface area contributed by atoms with Crippen LogP contribution in [0.4, 0.5) is 10.5 Å². The molecule has 1 fully saturated rings. The number of nitrogens with zero attached hydrogens (tertiary/aromatic N) is 1. The Hall–Kier alpha value is -2.53. The van der Waals surface area contributed by atoms with E-state index in [1.807, 2.05) is 23.1 Å². The van der Waals surface area contributed by atoms with E-state index >= 15 is 0 Å². The molecule has 146 valence electrons. The van der Waals surface area contributed by atoms with E-state index in [1.54, 1.807) is 7.11 Å². The molecule has 28 heavy (non-hydrogen) atoms. The van der Waals surface area contributed by atoms with Crippen LogP contribution in [0.2, 0.25) is 0 Å². The van der Waals surface area contributed by atoms with Crippen molar-refractivity contribution in [2.45, 2.75) is 37.8 Å². The Morgan fingerprint density at radius 3 is 2.96 bits per heavy atom. The molecule has 3 aliphatic rings. The maximum atomic E-state index is 12.5. The molecule has 5 rings (SSSR count). The van der Waals surface area contributed by atoms with Gasteiger partial charge in [0, 0.05) is 30.7 Å². The summed E-state index contributed by atoms with van der Waals surface area (Å²) in [5, 5.41) is 6.77. The Morgan fingerprint density at radius 1 is 1.18 bits per heavy atom. The SMILES string of the molecule is COc1cccc2c1CC[C@H]1CNC(CCN3Cc4ccccc4NC3=O)[C@@H]21. The van der Waals surface area contributed by atoms with Gasteiger partial charge in [0.1, 0.15) is 5.75 Å². The molecule has 1 aliphatic carbocycles. The fraction of sp³-hybridized carbons (Fsp3) is 0.435. The van der Waals surface area contributed by atoms with Crippen LogP contribution in [0.3, 0.4) is 0 Å². The molecule has 3 atom stereocenters. The summed E-state index contributed by atoms with van der Waals surface area (Å²) in [6, 6.07) is 14.9. The van der Waals surface area contributed by atoms with E-state index in [-0.39, 0.29) is 6.03 Å². The molecule has 2 aromatic rings. The lowest BCUT2D eigenvalue weighted by atomic mass is 9.73. The summed E-state index contributed by atoms with van der Waals surface area (Å²) in [5.74, 6) is 2.22. The van der Waals surface area contributed by atoms with Crippen LogP contribution < -0.4 is 15.4 Å². The van der Waals surface area contributed by atoms with Crippen LogP contribution in [0.5, 0.6) is 5.75 Å². The van der Waals surface area contributed by atoms with Gasteiger partial charge in [-0.05, 0) is 60.5 Å². The number of ether oxygens (including phenoxy) is 1. The monoisotopic (exact) mass is 377 g/mol. The summed E-state index contributed by atoms with van der Waals surface area (Å²) in [4.78, 5) is 14.4. The number of anilines is 1. The molecule has 1 unspecified atom stereocenters. The first-order valence-electron chi connectivity index (χ1n) is 10.3. The zero-order valence-corrected chi connectivity index (χ0v) is 16.3. The molecule has 1 saturated heterocycles. The molecule has 0 aromatic heterocycles. The van der Waals surface area contributed by atoms with Crippen molar-refractivity contribution >= 4 is 11.7 Å². The molecule has 2 aliphatic heterocycles. The normalized spacial score (nSPS) is 25.5. The third-order valence-electron chi connectivity index (χ3n) is 6.71. The number of benzene rings is 2. The Balaban J connectivity index is 1.32. The fourth-order valence-electron chi connectivity index (χ4n) is 5.33. The van der Waals surface area contributed by atoms with Crippen molar-refractivity contribution < 1.29 is 9.53 Å². The molecule has 2 aromatic carbocycles. The van der Waals surface area contributed by atoms with Gasteiger partial charge in [-0.3, -0.25) is 0 Å². The molecule has 2 heterocycles. The highest BCUT2D eigenvalue weighted by atomic mass is 16.5. The summed E-state index contributed by atoms with van der Waals surface area (Å²) in [5.41, 5.74) is 4.95. The lowest BCUT2D eigenvalue weighted by molar-refractivity contribution is 0.202. The molecule has 0 bridgehead atoms. The average molecular weight is 377 g/mol. The van der Waals surface area contributed by atoms with Crippen LogP contribution in [0, 0.1) is 5.92 Å². The second kappa shape index (κ2) is 7.13. The minimum atomic E-state index is 0.0129. The van der Waals surface area contributed by atoms with E-state index < -0.39 is 0 Å². The van der Waals surface area contributed by atoms with Crippen LogP contribution in [-0.2, 0) is 13.0 Å². The number of amides is 2. The molecular formula is C23H27N3O2. The summed E-state index contributed by atoms with van der Waals surface area (Å²) >= 11 is 0. The number of nitrogens with one attached hydrogen (secondary N) is 2. The van der Waals surface area contributed by atoms with Crippen LogP contribution >= 0.6 is 0 Å². The highest BCUT2D eigenvalue weighted by Crippen LogP contribution is 2.45. The van der Waals surface area contributed by atoms with Crippen molar-refractivity contribution in [3.05, 3.63) is 59.2 Å². The number of rotatable bonds is 4. The van der Waals surface area contributed by atoms with E-state index in [0.29, 0.717) is 24.4 Å². The van der Waals surface area contributed by atoms with Gasteiger partial charge in [0.2, 0.25) is 0 Å². The van der Waals surface area contributed by atoms with Crippen LogP contribution in [-0.4, -0.2) is 37.2 Å². The van der Waals surface area contributed by atoms with Crippen molar-refractivity contribution in [1.29, 1.82) is 0 Å². The number of carbonyl (C=O) groups is 1. The number of urea groups is 1. The zero-order chi connectivity index (χ0) is 19.1. The lowest BCUT2D eigenvalue weighted by Gasteiger charge is -2.34. The minimum Gasteiger partial charge on any atom is -0.496 e.